The first-order valence-electron chi connectivity index (χ1n) is 11.4. The number of methoxy groups -OCH3 is 1. The second kappa shape index (κ2) is 10.0. The number of ether oxygens (including phenoxy) is 2. The molecule has 0 aliphatic carbocycles. The van der Waals surface area contributed by atoms with Crippen molar-refractivity contribution in [3.05, 3.63) is 95.1 Å². The highest BCUT2D eigenvalue weighted by Gasteiger charge is 2.31. The smallest absolute Gasteiger partial charge is 0.497 e. The molecule has 0 saturated carbocycles. The number of carbonyl (C=O) groups is 2. The second-order valence-electron chi connectivity index (χ2n) is 9.24. The van der Waals surface area contributed by atoms with Gasteiger partial charge in [-0.1, -0.05) is 12.1 Å². The average Bonchev–Trinajstić information content (AvgIpc) is 2.82. The van der Waals surface area contributed by atoms with Gasteiger partial charge in [0.2, 0.25) is 0 Å². The van der Waals surface area contributed by atoms with E-state index in [1.807, 2.05) is 18.2 Å². The fourth-order valence-electron chi connectivity index (χ4n) is 4.12. The van der Waals surface area contributed by atoms with E-state index < -0.39 is 18.0 Å². The van der Waals surface area contributed by atoms with E-state index in [4.69, 9.17) is 4.74 Å². The maximum atomic E-state index is 13.1. The van der Waals surface area contributed by atoms with E-state index in [9.17, 15) is 22.8 Å². The number of rotatable bonds is 6. The number of fused-ring (bicyclic) bond motifs is 1. The standard InChI is InChI=1S/C28H25F3N2O4/c1-27(2)16-19-9-12-21(36-3)14-23(19)24(33-27)15-25(34)17-7-10-20(11-8-17)32-26(35)18-5-4-6-22(13-18)37-28(29,30)31/h4-15,33H,16H2,1-3H3,(H,32,35)/b24-15-. The lowest BCUT2D eigenvalue weighted by Gasteiger charge is -2.35. The van der Waals surface area contributed by atoms with Crippen LogP contribution in [-0.2, 0) is 6.42 Å². The molecule has 0 spiro atoms. The third kappa shape index (κ3) is 6.49. The number of hydrogen-bond donors (Lipinski definition) is 2. The molecule has 1 heterocycles. The largest absolute Gasteiger partial charge is 0.573 e. The van der Waals surface area contributed by atoms with E-state index in [-0.39, 0.29) is 16.9 Å². The number of allylic oxidation sites excluding steroid dienone is 1. The van der Waals surface area contributed by atoms with Crippen molar-refractivity contribution in [3.63, 3.8) is 0 Å². The number of halogens is 3. The zero-order valence-electron chi connectivity index (χ0n) is 20.4. The van der Waals surface area contributed by atoms with Gasteiger partial charge in [-0.05, 0) is 80.4 Å². The molecule has 2 N–H and O–H groups in total. The lowest BCUT2D eigenvalue weighted by molar-refractivity contribution is -0.274. The minimum absolute atomic E-state index is 0.00767. The van der Waals surface area contributed by atoms with Crippen molar-refractivity contribution < 1.29 is 32.2 Å². The Morgan fingerprint density at radius 2 is 1.70 bits per heavy atom. The van der Waals surface area contributed by atoms with Gasteiger partial charge in [0.15, 0.2) is 5.78 Å². The van der Waals surface area contributed by atoms with Crippen LogP contribution in [-0.4, -0.2) is 30.7 Å². The number of amides is 1. The van der Waals surface area contributed by atoms with Crippen LogP contribution in [0.1, 0.15) is 45.7 Å². The molecule has 4 rings (SSSR count). The summed E-state index contributed by atoms with van der Waals surface area (Å²) in [5.41, 5.74) is 3.22. The summed E-state index contributed by atoms with van der Waals surface area (Å²) >= 11 is 0. The van der Waals surface area contributed by atoms with E-state index in [0.29, 0.717) is 22.7 Å². The first-order valence-corrected chi connectivity index (χ1v) is 11.4. The van der Waals surface area contributed by atoms with Gasteiger partial charge in [-0.25, -0.2) is 0 Å². The van der Waals surface area contributed by atoms with Crippen molar-refractivity contribution in [2.24, 2.45) is 0 Å². The van der Waals surface area contributed by atoms with Crippen LogP contribution in [0.15, 0.2) is 72.8 Å². The predicted octanol–water partition coefficient (Wildman–Crippen LogP) is 5.99. The van der Waals surface area contributed by atoms with Gasteiger partial charge in [0.1, 0.15) is 11.5 Å². The normalized spacial score (nSPS) is 15.4. The van der Waals surface area contributed by atoms with Crippen molar-refractivity contribution in [1.82, 2.24) is 5.32 Å². The molecule has 1 amide bonds. The molecule has 3 aromatic carbocycles. The molecule has 0 saturated heterocycles. The van der Waals surface area contributed by atoms with Crippen LogP contribution in [0.4, 0.5) is 18.9 Å². The van der Waals surface area contributed by atoms with Crippen molar-refractivity contribution >= 4 is 23.1 Å². The van der Waals surface area contributed by atoms with Crippen LogP contribution >= 0.6 is 0 Å². The minimum Gasteiger partial charge on any atom is -0.497 e. The van der Waals surface area contributed by atoms with Gasteiger partial charge in [0.05, 0.1) is 7.11 Å². The number of carbonyl (C=O) groups excluding carboxylic acids is 2. The molecule has 6 nitrogen and oxygen atoms in total. The second-order valence-corrected chi connectivity index (χ2v) is 9.24. The molecule has 192 valence electrons. The zero-order valence-corrected chi connectivity index (χ0v) is 20.4. The highest BCUT2D eigenvalue weighted by Crippen LogP contribution is 2.32. The van der Waals surface area contributed by atoms with Crippen molar-refractivity contribution in [3.8, 4) is 11.5 Å². The molecule has 0 fully saturated rings. The lowest BCUT2D eigenvalue weighted by atomic mass is 9.85. The maximum Gasteiger partial charge on any atom is 0.573 e. The molecule has 3 aromatic rings. The summed E-state index contributed by atoms with van der Waals surface area (Å²) in [6.07, 6.45) is -2.53. The first-order chi connectivity index (χ1) is 17.4. The van der Waals surface area contributed by atoms with Gasteiger partial charge in [-0.3, -0.25) is 9.59 Å². The number of nitrogens with one attached hydrogen (secondary N) is 2. The quantitative estimate of drug-likeness (QED) is 0.315. The molecule has 0 aromatic heterocycles. The van der Waals surface area contributed by atoms with E-state index in [1.54, 1.807) is 37.5 Å². The Kier molecular flexibility index (Phi) is 6.98. The van der Waals surface area contributed by atoms with Crippen molar-refractivity contribution in [1.29, 1.82) is 0 Å². The maximum absolute atomic E-state index is 13.1. The number of benzene rings is 3. The average molecular weight is 511 g/mol. The number of ketones is 1. The molecular weight excluding hydrogens is 485 g/mol. The van der Waals surface area contributed by atoms with E-state index in [1.165, 1.54) is 12.1 Å². The monoisotopic (exact) mass is 510 g/mol. The van der Waals surface area contributed by atoms with Gasteiger partial charge in [0.25, 0.3) is 5.91 Å². The highest BCUT2D eigenvalue weighted by molar-refractivity contribution is 6.09. The summed E-state index contributed by atoms with van der Waals surface area (Å²) in [6, 6.07) is 16.8. The highest BCUT2D eigenvalue weighted by atomic mass is 19.4. The fourth-order valence-corrected chi connectivity index (χ4v) is 4.12. The predicted molar refractivity (Wildman–Crippen MR) is 134 cm³/mol. The van der Waals surface area contributed by atoms with Gasteiger partial charge >= 0.3 is 6.36 Å². The SMILES string of the molecule is COc1ccc2c(c1)/C(=C/C(=O)c1ccc(NC(=O)c3cccc(OC(F)(F)F)c3)cc1)NC(C)(C)C2. The Balaban J connectivity index is 1.50. The van der Waals surface area contributed by atoms with Crippen LogP contribution in [0.2, 0.25) is 0 Å². The summed E-state index contributed by atoms with van der Waals surface area (Å²) in [6.45, 7) is 4.11. The molecule has 0 radical (unpaired) electrons. The van der Waals surface area contributed by atoms with Crippen LogP contribution in [0.5, 0.6) is 11.5 Å². The number of alkyl halides is 3. The summed E-state index contributed by atoms with van der Waals surface area (Å²) in [7, 11) is 1.59. The molecule has 0 unspecified atom stereocenters. The molecule has 1 aliphatic rings. The molecule has 1 aliphatic heterocycles. The van der Waals surface area contributed by atoms with Crippen molar-refractivity contribution in [2.45, 2.75) is 32.2 Å². The first kappa shape index (κ1) is 25.8. The van der Waals surface area contributed by atoms with Gasteiger partial charge < -0.3 is 20.1 Å². The molecule has 9 heteroatoms. The van der Waals surface area contributed by atoms with Crippen molar-refractivity contribution in [2.75, 3.05) is 12.4 Å². The van der Waals surface area contributed by atoms with E-state index in [0.717, 1.165) is 29.7 Å². The molecule has 0 atom stereocenters. The Morgan fingerprint density at radius 1 is 0.973 bits per heavy atom. The summed E-state index contributed by atoms with van der Waals surface area (Å²) in [4.78, 5) is 25.6. The van der Waals surface area contributed by atoms with Gasteiger partial charge in [-0.15, -0.1) is 13.2 Å². The third-order valence-corrected chi connectivity index (χ3v) is 5.75. The number of anilines is 1. The summed E-state index contributed by atoms with van der Waals surface area (Å²) in [5.74, 6) is -0.654. The van der Waals surface area contributed by atoms with Crippen LogP contribution in [0.25, 0.3) is 5.70 Å². The lowest BCUT2D eigenvalue weighted by Crippen LogP contribution is -2.43. The van der Waals surface area contributed by atoms with Gasteiger partial charge in [0, 0.05) is 39.7 Å². The summed E-state index contributed by atoms with van der Waals surface area (Å²) in [5, 5.41) is 6.03. The minimum atomic E-state index is -4.86. The van der Waals surface area contributed by atoms with E-state index in [2.05, 4.69) is 29.2 Å². The molecule has 0 bridgehead atoms. The Bertz CT molecular complexity index is 1360. The van der Waals surface area contributed by atoms with Crippen LogP contribution in [0.3, 0.4) is 0 Å². The Labute approximate surface area is 212 Å². The molecular formula is C28H25F3N2O4. The van der Waals surface area contributed by atoms with Gasteiger partial charge in [-0.2, -0.15) is 0 Å². The topological polar surface area (TPSA) is 76.7 Å². The zero-order chi connectivity index (χ0) is 26.8. The third-order valence-electron chi connectivity index (χ3n) is 5.75. The summed E-state index contributed by atoms with van der Waals surface area (Å²) < 4.78 is 46.6. The van der Waals surface area contributed by atoms with Crippen LogP contribution < -0.4 is 20.1 Å². The fraction of sp³-hybridized carbons (Fsp3) is 0.214. The molecule has 37 heavy (non-hydrogen) atoms. The Morgan fingerprint density at radius 3 is 2.38 bits per heavy atom. The Hall–Kier alpha value is -4.27. The number of hydrogen-bond acceptors (Lipinski definition) is 5. The van der Waals surface area contributed by atoms with E-state index >= 15 is 0 Å². The van der Waals surface area contributed by atoms with Crippen LogP contribution in [0, 0.1) is 0 Å².